The van der Waals surface area contributed by atoms with Gasteiger partial charge >= 0.3 is 5.97 Å². The highest BCUT2D eigenvalue weighted by Crippen LogP contribution is 2.22. The third-order valence-electron chi connectivity index (χ3n) is 2.09. The summed E-state index contributed by atoms with van der Waals surface area (Å²) in [6.07, 6.45) is 0.961. The van der Waals surface area contributed by atoms with Gasteiger partial charge in [0.05, 0.1) is 11.6 Å². The quantitative estimate of drug-likeness (QED) is 0.322. The normalized spacial score (nSPS) is 22.7. The van der Waals surface area contributed by atoms with E-state index in [4.69, 9.17) is 10.9 Å². The molecule has 1 fully saturated rings. The van der Waals surface area contributed by atoms with Crippen LogP contribution in [0.4, 0.5) is 0 Å². The van der Waals surface area contributed by atoms with Crippen LogP contribution in [-0.4, -0.2) is 27.7 Å². The van der Waals surface area contributed by atoms with Crippen molar-refractivity contribution in [3.63, 3.8) is 0 Å². The standard InChI is InChI=1S/C7H11N3O2S/c8-9-10-2-1-5(7(11)12)3-6(10)4-13/h5,9H,1-3,8H2,(H,11,12). The van der Waals surface area contributed by atoms with E-state index in [2.05, 4.69) is 22.8 Å². The third-order valence-corrected chi connectivity index (χ3v) is 2.33. The lowest BCUT2D eigenvalue weighted by molar-refractivity contribution is -0.142. The Kier molecular flexibility index (Phi) is 3.39. The summed E-state index contributed by atoms with van der Waals surface area (Å²) in [5.41, 5.74) is 3.07. The summed E-state index contributed by atoms with van der Waals surface area (Å²) in [5, 5.41) is 12.9. The molecule has 4 N–H and O–H groups in total. The van der Waals surface area contributed by atoms with E-state index in [-0.39, 0.29) is 5.92 Å². The van der Waals surface area contributed by atoms with Gasteiger partial charge in [-0.25, -0.2) is 0 Å². The van der Waals surface area contributed by atoms with Crippen molar-refractivity contribution >= 4 is 23.2 Å². The zero-order valence-electron chi connectivity index (χ0n) is 6.99. The fourth-order valence-electron chi connectivity index (χ4n) is 1.32. The van der Waals surface area contributed by atoms with Crippen LogP contribution in [0.2, 0.25) is 0 Å². The Hall–Kier alpha value is -0.940. The lowest BCUT2D eigenvalue weighted by Crippen LogP contribution is -2.47. The second-order valence-electron chi connectivity index (χ2n) is 2.86. The molecule has 0 aliphatic carbocycles. The molecule has 1 heterocycles. The van der Waals surface area contributed by atoms with E-state index in [1.54, 1.807) is 5.01 Å². The van der Waals surface area contributed by atoms with E-state index in [1.807, 2.05) is 0 Å². The summed E-state index contributed by atoms with van der Waals surface area (Å²) in [4.78, 5) is 10.7. The van der Waals surface area contributed by atoms with Crippen molar-refractivity contribution in [1.29, 1.82) is 0 Å². The monoisotopic (exact) mass is 201 g/mol. The van der Waals surface area contributed by atoms with Crippen LogP contribution in [0.5, 0.6) is 0 Å². The Morgan fingerprint density at radius 3 is 3.00 bits per heavy atom. The van der Waals surface area contributed by atoms with Crippen LogP contribution in [-0.2, 0) is 4.79 Å². The van der Waals surface area contributed by atoms with Crippen LogP contribution < -0.4 is 11.4 Å². The number of nitrogens with zero attached hydrogens (tertiary/aromatic N) is 1. The summed E-state index contributed by atoms with van der Waals surface area (Å²) < 4.78 is 0. The molecule has 5 nitrogen and oxygen atoms in total. The first kappa shape index (κ1) is 10.1. The molecule has 1 saturated heterocycles. The number of nitrogens with one attached hydrogen (secondary N) is 1. The molecule has 0 aromatic heterocycles. The van der Waals surface area contributed by atoms with Gasteiger partial charge in [-0.3, -0.25) is 15.6 Å². The fourth-order valence-corrected chi connectivity index (χ4v) is 1.51. The number of thiocarbonyl (C=S) groups is 1. The highest BCUT2D eigenvalue weighted by Gasteiger charge is 2.27. The van der Waals surface area contributed by atoms with Crippen LogP contribution in [0.25, 0.3) is 0 Å². The van der Waals surface area contributed by atoms with E-state index >= 15 is 0 Å². The smallest absolute Gasteiger partial charge is 0.306 e. The van der Waals surface area contributed by atoms with Gasteiger partial charge in [-0.05, 0) is 23.7 Å². The molecule has 1 unspecified atom stereocenters. The van der Waals surface area contributed by atoms with Gasteiger partial charge in [-0.15, -0.1) is 0 Å². The van der Waals surface area contributed by atoms with E-state index in [1.165, 1.54) is 0 Å². The number of piperidine rings is 1. The summed E-state index contributed by atoms with van der Waals surface area (Å²) in [7, 11) is 0. The molecule has 72 valence electrons. The second kappa shape index (κ2) is 4.34. The molecule has 0 aromatic carbocycles. The first-order valence-corrected chi connectivity index (χ1v) is 4.30. The summed E-state index contributed by atoms with van der Waals surface area (Å²) >= 11 is 4.64. The largest absolute Gasteiger partial charge is 0.481 e. The Balaban J connectivity index is 2.69. The summed E-state index contributed by atoms with van der Waals surface area (Å²) in [5.74, 6) is 4.05. The number of aliphatic carboxylic acids is 1. The average molecular weight is 201 g/mol. The summed E-state index contributed by atoms with van der Waals surface area (Å²) in [6, 6.07) is 0. The maximum Gasteiger partial charge on any atom is 0.306 e. The Morgan fingerprint density at radius 1 is 1.85 bits per heavy atom. The van der Waals surface area contributed by atoms with Crippen molar-refractivity contribution in [3.05, 3.63) is 5.70 Å². The van der Waals surface area contributed by atoms with Gasteiger partial charge in [-0.2, -0.15) is 5.53 Å². The number of hydrogen-bond donors (Lipinski definition) is 3. The Bertz CT molecular complexity index is 262. The van der Waals surface area contributed by atoms with E-state index < -0.39 is 5.97 Å². The maximum atomic E-state index is 10.7. The van der Waals surface area contributed by atoms with Crippen molar-refractivity contribution in [1.82, 2.24) is 10.5 Å². The number of allylic oxidation sites excluding steroid dienone is 1. The first-order valence-electron chi connectivity index (χ1n) is 3.89. The Labute approximate surface area is 81.1 Å². The predicted octanol–water partition coefficient (Wildman–Crippen LogP) is -0.356. The van der Waals surface area contributed by atoms with Crippen molar-refractivity contribution in [2.75, 3.05) is 6.54 Å². The molecule has 1 aliphatic heterocycles. The van der Waals surface area contributed by atoms with Crippen LogP contribution in [0, 0.1) is 5.92 Å². The topological polar surface area (TPSA) is 78.6 Å². The molecule has 0 spiro atoms. The zero-order valence-corrected chi connectivity index (χ0v) is 7.80. The molecular weight excluding hydrogens is 190 g/mol. The zero-order chi connectivity index (χ0) is 9.84. The minimum Gasteiger partial charge on any atom is -0.481 e. The van der Waals surface area contributed by atoms with Crippen LogP contribution >= 0.6 is 12.2 Å². The first-order chi connectivity index (χ1) is 6.19. The van der Waals surface area contributed by atoms with Crippen LogP contribution in [0.15, 0.2) is 5.70 Å². The molecule has 0 amide bonds. The van der Waals surface area contributed by atoms with E-state index in [9.17, 15) is 4.79 Å². The number of rotatable bonds is 2. The van der Waals surface area contributed by atoms with Gasteiger partial charge in [0, 0.05) is 13.0 Å². The third kappa shape index (κ3) is 2.26. The highest BCUT2D eigenvalue weighted by molar-refractivity contribution is 7.78. The van der Waals surface area contributed by atoms with Gasteiger partial charge in [0.1, 0.15) is 0 Å². The van der Waals surface area contributed by atoms with Gasteiger partial charge in [-0.1, -0.05) is 0 Å². The summed E-state index contributed by atoms with van der Waals surface area (Å²) in [6.45, 7) is 0.548. The second-order valence-corrected chi connectivity index (χ2v) is 3.06. The van der Waals surface area contributed by atoms with Gasteiger partial charge < -0.3 is 5.11 Å². The van der Waals surface area contributed by atoms with Crippen LogP contribution in [0.3, 0.4) is 0 Å². The number of hydrazine groups is 2. The molecule has 13 heavy (non-hydrogen) atoms. The number of carbonyl (C=O) groups is 1. The molecule has 1 atom stereocenters. The highest BCUT2D eigenvalue weighted by atomic mass is 32.1. The van der Waals surface area contributed by atoms with Crippen LogP contribution in [0.1, 0.15) is 12.8 Å². The van der Waals surface area contributed by atoms with Crippen molar-refractivity contribution < 1.29 is 9.90 Å². The molecule has 0 bridgehead atoms. The SMILES string of the molecule is NNN1CCC(C(=O)O)CC1=C=S. The minimum atomic E-state index is -0.792. The van der Waals surface area contributed by atoms with E-state index in [0.29, 0.717) is 25.1 Å². The molecular formula is C7H11N3O2S. The lowest BCUT2D eigenvalue weighted by atomic mass is 9.96. The number of hydrogen-bond acceptors (Lipinski definition) is 5. The van der Waals surface area contributed by atoms with Crippen molar-refractivity contribution in [2.24, 2.45) is 11.8 Å². The fraction of sp³-hybridized carbons (Fsp3) is 0.571. The van der Waals surface area contributed by atoms with Gasteiger partial charge in [0.15, 0.2) is 0 Å². The van der Waals surface area contributed by atoms with E-state index in [0.717, 1.165) is 0 Å². The lowest BCUT2D eigenvalue weighted by Gasteiger charge is -2.31. The molecule has 6 heteroatoms. The van der Waals surface area contributed by atoms with Crippen molar-refractivity contribution in [3.8, 4) is 0 Å². The number of carboxylic acid groups (broad SMARTS) is 1. The average Bonchev–Trinajstić information content (AvgIpc) is 2.16. The Morgan fingerprint density at radius 2 is 2.54 bits per heavy atom. The van der Waals surface area contributed by atoms with Crippen molar-refractivity contribution in [2.45, 2.75) is 12.8 Å². The van der Waals surface area contributed by atoms with Gasteiger partial charge in [0.2, 0.25) is 0 Å². The number of carboxylic acids is 1. The predicted molar refractivity (Wildman–Crippen MR) is 50.5 cm³/mol. The minimum absolute atomic E-state index is 0.366. The van der Waals surface area contributed by atoms with Gasteiger partial charge in [0.25, 0.3) is 0 Å². The number of nitrogens with two attached hydrogens (primary N) is 1. The molecule has 0 aromatic rings. The molecule has 1 rings (SSSR count). The maximum absolute atomic E-state index is 10.7. The molecule has 0 radical (unpaired) electrons. The molecule has 1 aliphatic rings. The molecule has 0 saturated carbocycles.